The van der Waals surface area contributed by atoms with Crippen molar-refractivity contribution in [3.05, 3.63) is 71.3 Å². The van der Waals surface area contributed by atoms with Crippen molar-refractivity contribution in [1.29, 1.82) is 0 Å². The smallest absolute Gasteiger partial charge is 0.231 e. The number of hydrogen-bond acceptors (Lipinski definition) is 2. The van der Waals surface area contributed by atoms with E-state index in [4.69, 9.17) is 4.74 Å². The number of carbonyl (C=O) groups is 1. The molecule has 3 nitrogen and oxygen atoms in total. The highest BCUT2D eigenvalue weighted by Crippen LogP contribution is 2.35. The Hall–Kier alpha value is -2.13. The second kappa shape index (κ2) is 7.18. The molecule has 1 saturated heterocycles. The maximum Gasteiger partial charge on any atom is 0.231 e. The first kappa shape index (κ1) is 16.7. The van der Waals surface area contributed by atoms with Crippen molar-refractivity contribution in [2.45, 2.75) is 38.1 Å². The van der Waals surface area contributed by atoms with Gasteiger partial charge in [0.05, 0.1) is 11.5 Å². The largest absolute Gasteiger partial charge is 0.381 e. The van der Waals surface area contributed by atoms with Crippen LogP contribution in [0.4, 0.5) is 0 Å². The fraction of sp³-hybridized carbons (Fsp3) is 0.381. The van der Waals surface area contributed by atoms with Gasteiger partial charge in [0.2, 0.25) is 5.91 Å². The molecule has 126 valence electrons. The van der Waals surface area contributed by atoms with Crippen molar-refractivity contribution in [3.8, 4) is 0 Å². The van der Waals surface area contributed by atoms with E-state index in [0.717, 1.165) is 18.4 Å². The fourth-order valence-corrected chi connectivity index (χ4v) is 3.61. The Kier molecular flexibility index (Phi) is 5.00. The molecule has 0 aliphatic carbocycles. The molecule has 3 rings (SSSR count). The lowest BCUT2D eigenvalue weighted by Crippen LogP contribution is -2.48. The summed E-state index contributed by atoms with van der Waals surface area (Å²) >= 11 is 0. The Morgan fingerprint density at radius 1 is 1.04 bits per heavy atom. The number of rotatable bonds is 4. The summed E-state index contributed by atoms with van der Waals surface area (Å²) in [7, 11) is 0. The number of aryl methyl sites for hydroxylation is 1. The molecule has 0 spiro atoms. The van der Waals surface area contributed by atoms with Crippen LogP contribution in [0.1, 0.15) is 42.5 Å². The molecule has 2 aromatic rings. The molecule has 0 radical (unpaired) electrons. The van der Waals surface area contributed by atoms with Gasteiger partial charge in [-0.25, -0.2) is 0 Å². The van der Waals surface area contributed by atoms with Gasteiger partial charge in [0.1, 0.15) is 0 Å². The predicted octanol–water partition coefficient (Wildman–Crippen LogP) is 3.92. The highest BCUT2D eigenvalue weighted by atomic mass is 16.5. The van der Waals surface area contributed by atoms with Crippen LogP contribution in [-0.2, 0) is 14.9 Å². The minimum Gasteiger partial charge on any atom is -0.381 e. The number of carbonyl (C=O) groups excluding carboxylic acids is 1. The Morgan fingerprint density at radius 2 is 1.67 bits per heavy atom. The lowest BCUT2D eigenvalue weighted by Gasteiger charge is -2.37. The third kappa shape index (κ3) is 3.22. The van der Waals surface area contributed by atoms with Crippen molar-refractivity contribution < 1.29 is 9.53 Å². The van der Waals surface area contributed by atoms with Gasteiger partial charge in [-0.05, 0) is 43.4 Å². The summed E-state index contributed by atoms with van der Waals surface area (Å²) in [6, 6.07) is 18.3. The average Bonchev–Trinajstić information content (AvgIpc) is 2.63. The third-order valence-electron chi connectivity index (χ3n) is 5.11. The van der Waals surface area contributed by atoms with E-state index in [0.29, 0.717) is 13.2 Å². The summed E-state index contributed by atoms with van der Waals surface area (Å²) < 4.78 is 5.53. The Labute approximate surface area is 144 Å². The van der Waals surface area contributed by atoms with Gasteiger partial charge in [-0.3, -0.25) is 4.79 Å². The fourth-order valence-electron chi connectivity index (χ4n) is 3.61. The van der Waals surface area contributed by atoms with E-state index < -0.39 is 5.41 Å². The minimum absolute atomic E-state index is 0.0119. The summed E-state index contributed by atoms with van der Waals surface area (Å²) in [5.41, 5.74) is 2.96. The molecule has 0 saturated carbocycles. The van der Waals surface area contributed by atoms with E-state index in [-0.39, 0.29) is 11.9 Å². The topological polar surface area (TPSA) is 38.3 Å². The highest BCUT2D eigenvalue weighted by Gasteiger charge is 2.42. The first-order chi connectivity index (χ1) is 11.6. The van der Waals surface area contributed by atoms with Gasteiger partial charge >= 0.3 is 0 Å². The number of hydrogen-bond donors (Lipinski definition) is 1. The molecule has 0 aromatic heterocycles. The molecule has 1 aliphatic heterocycles. The van der Waals surface area contributed by atoms with E-state index in [1.807, 2.05) is 30.3 Å². The van der Waals surface area contributed by atoms with Crippen molar-refractivity contribution in [2.24, 2.45) is 0 Å². The summed E-state index contributed by atoms with van der Waals surface area (Å²) in [5.74, 6) is 0.104. The maximum atomic E-state index is 13.2. The number of amides is 1. The molecule has 1 N–H and O–H groups in total. The van der Waals surface area contributed by atoms with E-state index in [1.54, 1.807) is 0 Å². The number of ether oxygens (including phenoxy) is 1. The average molecular weight is 323 g/mol. The van der Waals surface area contributed by atoms with E-state index in [2.05, 4.69) is 43.4 Å². The van der Waals surface area contributed by atoms with E-state index >= 15 is 0 Å². The zero-order valence-corrected chi connectivity index (χ0v) is 14.4. The summed E-state index contributed by atoms with van der Waals surface area (Å²) in [6.45, 7) is 5.39. The molecular weight excluding hydrogens is 298 g/mol. The number of benzene rings is 2. The Morgan fingerprint density at radius 3 is 2.33 bits per heavy atom. The number of nitrogens with one attached hydrogen (secondary N) is 1. The predicted molar refractivity (Wildman–Crippen MR) is 95.9 cm³/mol. The van der Waals surface area contributed by atoms with E-state index in [1.165, 1.54) is 11.1 Å². The van der Waals surface area contributed by atoms with Crippen LogP contribution in [0.5, 0.6) is 0 Å². The molecule has 2 aromatic carbocycles. The minimum atomic E-state index is -0.490. The first-order valence-corrected chi connectivity index (χ1v) is 8.63. The van der Waals surface area contributed by atoms with Crippen LogP contribution < -0.4 is 5.32 Å². The Bertz CT molecular complexity index is 690. The second-order valence-corrected chi connectivity index (χ2v) is 6.61. The molecule has 1 aliphatic rings. The second-order valence-electron chi connectivity index (χ2n) is 6.61. The monoisotopic (exact) mass is 323 g/mol. The quantitative estimate of drug-likeness (QED) is 0.926. The molecular formula is C21H25NO2. The van der Waals surface area contributed by atoms with Crippen molar-refractivity contribution >= 4 is 5.91 Å². The zero-order chi connectivity index (χ0) is 17.0. The summed E-state index contributed by atoms with van der Waals surface area (Å²) in [5, 5.41) is 3.25. The molecule has 1 unspecified atom stereocenters. The van der Waals surface area contributed by atoms with E-state index in [9.17, 15) is 4.79 Å². The SMILES string of the molecule is Cc1ccccc1C(C)NC(=O)C1(c2ccccc2)CCOCC1. The van der Waals surface area contributed by atoms with Gasteiger partial charge in [0.15, 0.2) is 0 Å². The van der Waals surface area contributed by atoms with Gasteiger partial charge in [0, 0.05) is 13.2 Å². The summed E-state index contributed by atoms with van der Waals surface area (Å²) in [6.07, 6.45) is 1.45. The molecule has 1 atom stereocenters. The van der Waals surface area contributed by atoms with Crippen LogP contribution in [-0.4, -0.2) is 19.1 Å². The van der Waals surface area contributed by atoms with Gasteiger partial charge in [-0.1, -0.05) is 54.6 Å². The Balaban J connectivity index is 1.86. The van der Waals surface area contributed by atoms with Gasteiger partial charge < -0.3 is 10.1 Å². The molecule has 0 bridgehead atoms. The standard InChI is InChI=1S/C21H25NO2/c1-16-8-6-7-11-19(16)17(2)22-20(23)21(12-14-24-15-13-21)18-9-4-3-5-10-18/h3-11,17H,12-15H2,1-2H3,(H,22,23). The van der Waals surface area contributed by atoms with Crippen molar-refractivity contribution in [2.75, 3.05) is 13.2 Å². The van der Waals surface area contributed by atoms with Gasteiger partial charge in [-0.2, -0.15) is 0 Å². The first-order valence-electron chi connectivity index (χ1n) is 8.63. The van der Waals surface area contributed by atoms with Gasteiger partial charge in [-0.15, -0.1) is 0 Å². The lowest BCUT2D eigenvalue weighted by atomic mass is 9.73. The van der Waals surface area contributed by atoms with Crippen LogP contribution in [0.3, 0.4) is 0 Å². The molecule has 1 amide bonds. The molecule has 24 heavy (non-hydrogen) atoms. The van der Waals surface area contributed by atoms with Crippen LogP contribution in [0.25, 0.3) is 0 Å². The van der Waals surface area contributed by atoms with Crippen LogP contribution in [0, 0.1) is 6.92 Å². The normalized spacial score (nSPS) is 17.9. The van der Waals surface area contributed by atoms with Crippen molar-refractivity contribution in [3.63, 3.8) is 0 Å². The maximum absolute atomic E-state index is 13.2. The van der Waals surface area contributed by atoms with Crippen LogP contribution >= 0.6 is 0 Å². The zero-order valence-electron chi connectivity index (χ0n) is 14.4. The van der Waals surface area contributed by atoms with Crippen LogP contribution in [0.2, 0.25) is 0 Å². The summed E-state index contributed by atoms with van der Waals surface area (Å²) in [4.78, 5) is 13.2. The molecule has 1 heterocycles. The van der Waals surface area contributed by atoms with Gasteiger partial charge in [0.25, 0.3) is 0 Å². The molecule has 3 heteroatoms. The highest BCUT2D eigenvalue weighted by molar-refractivity contribution is 5.88. The third-order valence-corrected chi connectivity index (χ3v) is 5.11. The lowest BCUT2D eigenvalue weighted by molar-refractivity contribution is -0.131. The molecule has 1 fully saturated rings. The van der Waals surface area contributed by atoms with Crippen molar-refractivity contribution in [1.82, 2.24) is 5.32 Å². The van der Waals surface area contributed by atoms with Crippen LogP contribution in [0.15, 0.2) is 54.6 Å².